The molecule has 0 aliphatic heterocycles. The molecule has 0 saturated heterocycles. The maximum Gasteiger partial charge on any atom is 0.230 e. The standard InChI is InChI=1S/C22H20N4OS/c1-16-7-5-6-8-17(16)15-21(27)24-22(28)23-18-11-13-20(14-12-18)26-25-19-9-3-2-4-10-19/h2-14H,15H2,1H3,(H2,23,24,27,28). The second kappa shape index (κ2) is 9.53. The maximum atomic E-state index is 12.2. The van der Waals surface area contributed by atoms with Gasteiger partial charge in [0.05, 0.1) is 17.8 Å². The molecular weight excluding hydrogens is 368 g/mol. The zero-order chi connectivity index (χ0) is 19.8. The lowest BCUT2D eigenvalue weighted by atomic mass is 10.1. The van der Waals surface area contributed by atoms with E-state index in [1.807, 2.05) is 85.8 Å². The van der Waals surface area contributed by atoms with Crippen LogP contribution in [0.1, 0.15) is 11.1 Å². The largest absolute Gasteiger partial charge is 0.332 e. The van der Waals surface area contributed by atoms with E-state index in [9.17, 15) is 4.79 Å². The average Bonchev–Trinajstić information content (AvgIpc) is 2.70. The van der Waals surface area contributed by atoms with Crippen molar-refractivity contribution in [2.45, 2.75) is 13.3 Å². The van der Waals surface area contributed by atoms with E-state index in [2.05, 4.69) is 20.9 Å². The number of azo groups is 1. The Kier molecular flexibility index (Phi) is 6.59. The molecule has 0 radical (unpaired) electrons. The predicted molar refractivity (Wildman–Crippen MR) is 116 cm³/mol. The van der Waals surface area contributed by atoms with E-state index in [4.69, 9.17) is 12.2 Å². The van der Waals surface area contributed by atoms with E-state index in [0.717, 1.165) is 28.2 Å². The lowest BCUT2D eigenvalue weighted by Crippen LogP contribution is -2.35. The molecule has 0 aliphatic carbocycles. The molecule has 6 heteroatoms. The molecule has 0 heterocycles. The van der Waals surface area contributed by atoms with Gasteiger partial charge in [0.25, 0.3) is 0 Å². The van der Waals surface area contributed by atoms with Crippen LogP contribution in [0.25, 0.3) is 0 Å². The highest BCUT2D eigenvalue weighted by atomic mass is 32.1. The lowest BCUT2D eigenvalue weighted by molar-refractivity contribution is -0.119. The van der Waals surface area contributed by atoms with Crippen molar-refractivity contribution < 1.29 is 4.79 Å². The first-order chi connectivity index (χ1) is 13.6. The van der Waals surface area contributed by atoms with Gasteiger partial charge >= 0.3 is 0 Å². The van der Waals surface area contributed by atoms with Crippen molar-refractivity contribution in [3.05, 3.63) is 90.0 Å². The van der Waals surface area contributed by atoms with Gasteiger partial charge < -0.3 is 10.6 Å². The summed E-state index contributed by atoms with van der Waals surface area (Å²) in [4.78, 5) is 12.2. The molecule has 5 nitrogen and oxygen atoms in total. The normalized spacial score (nSPS) is 10.6. The summed E-state index contributed by atoms with van der Waals surface area (Å²) in [5, 5.41) is 14.3. The Balaban J connectivity index is 1.52. The molecule has 28 heavy (non-hydrogen) atoms. The molecule has 0 saturated carbocycles. The monoisotopic (exact) mass is 388 g/mol. The van der Waals surface area contributed by atoms with E-state index in [1.165, 1.54) is 0 Å². The minimum atomic E-state index is -0.153. The molecule has 1 amide bonds. The van der Waals surface area contributed by atoms with Gasteiger partial charge in [-0.1, -0.05) is 42.5 Å². The molecule has 0 fully saturated rings. The average molecular weight is 388 g/mol. The summed E-state index contributed by atoms with van der Waals surface area (Å²) in [6.45, 7) is 1.98. The van der Waals surface area contributed by atoms with Crippen LogP contribution < -0.4 is 10.6 Å². The van der Waals surface area contributed by atoms with E-state index in [0.29, 0.717) is 0 Å². The van der Waals surface area contributed by atoms with Crippen LogP contribution in [0.3, 0.4) is 0 Å². The van der Waals surface area contributed by atoms with Gasteiger partial charge in [-0.15, -0.1) is 0 Å². The molecule has 3 aromatic carbocycles. The molecule has 3 aromatic rings. The number of amides is 1. The van der Waals surface area contributed by atoms with Gasteiger partial charge in [0.15, 0.2) is 5.11 Å². The van der Waals surface area contributed by atoms with Crippen LogP contribution in [0.2, 0.25) is 0 Å². The molecule has 0 bridgehead atoms. The van der Waals surface area contributed by atoms with Gasteiger partial charge in [-0.05, 0) is 66.7 Å². The number of nitrogens with one attached hydrogen (secondary N) is 2. The van der Waals surface area contributed by atoms with Crippen LogP contribution in [-0.2, 0) is 11.2 Å². The molecule has 0 atom stereocenters. The van der Waals surface area contributed by atoms with Gasteiger partial charge in [-0.2, -0.15) is 10.2 Å². The van der Waals surface area contributed by atoms with Crippen molar-refractivity contribution in [1.82, 2.24) is 5.32 Å². The van der Waals surface area contributed by atoms with Gasteiger partial charge in [0.1, 0.15) is 0 Å². The maximum absolute atomic E-state index is 12.2. The number of hydrogen-bond donors (Lipinski definition) is 2. The Labute approximate surface area is 169 Å². The fourth-order valence-electron chi connectivity index (χ4n) is 2.54. The third-order valence-electron chi connectivity index (χ3n) is 4.03. The van der Waals surface area contributed by atoms with E-state index in [1.54, 1.807) is 0 Å². The quantitative estimate of drug-likeness (QED) is 0.450. The number of nitrogens with zero attached hydrogens (tertiary/aromatic N) is 2. The van der Waals surface area contributed by atoms with Gasteiger partial charge in [-0.3, -0.25) is 4.79 Å². The molecule has 0 aliphatic rings. The van der Waals surface area contributed by atoms with Crippen molar-refractivity contribution in [1.29, 1.82) is 0 Å². The highest BCUT2D eigenvalue weighted by molar-refractivity contribution is 7.80. The van der Waals surface area contributed by atoms with Crippen molar-refractivity contribution >= 4 is 40.3 Å². The van der Waals surface area contributed by atoms with Crippen molar-refractivity contribution in [3.63, 3.8) is 0 Å². The molecule has 140 valence electrons. The number of hydrogen-bond acceptors (Lipinski definition) is 4. The molecular formula is C22H20N4OS. The first kappa shape index (κ1) is 19.4. The first-order valence-corrected chi connectivity index (χ1v) is 9.23. The SMILES string of the molecule is Cc1ccccc1CC(=O)NC(=S)Nc1ccc(N=Nc2ccccc2)cc1. The lowest BCUT2D eigenvalue weighted by Gasteiger charge is -2.10. The second-order valence-corrected chi connectivity index (χ2v) is 6.60. The van der Waals surface area contributed by atoms with Crippen molar-refractivity contribution in [2.24, 2.45) is 10.2 Å². The Morgan fingerprint density at radius 2 is 1.46 bits per heavy atom. The van der Waals surface area contributed by atoms with Gasteiger partial charge in [0.2, 0.25) is 5.91 Å². The Bertz CT molecular complexity index is 985. The zero-order valence-electron chi connectivity index (χ0n) is 15.4. The fraction of sp³-hybridized carbons (Fsp3) is 0.0909. The first-order valence-electron chi connectivity index (χ1n) is 8.82. The van der Waals surface area contributed by atoms with Crippen molar-refractivity contribution in [3.8, 4) is 0 Å². The summed E-state index contributed by atoms with van der Waals surface area (Å²) in [5.41, 5.74) is 4.35. The van der Waals surface area contributed by atoms with Crippen LogP contribution in [0.15, 0.2) is 89.1 Å². The van der Waals surface area contributed by atoms with Crippen LogP contribution >= 0.6 is 12.2 Å². The van der Waals surface area contributed by atoms with Gasteiger partial charge in [-0.25, -0.2) is 0 Å². The third-order valence-corrected chi connectivity index (χ3v) is 4.23. The highest BCUT2D eigenvalue weighted by Gasteiger charge is 2.08. The van der Waals surface area contributed by atoms with Crippen molar-refractivity contribution in [2.75, 3.05) is 5.32 Å². The van der Waals surface area contributed by atoms with Crippen LogP contribution in [0, 0.1) is 6.92 Å². The number of rotatable bonds is 5. The summed E-state index contributed by atoms with van der Waals surface area (Å²) < 4.78 is 0. The summed E-state index contributed by atoms with van der Waals surface area (Å²) in [7, 11) is 0. The number of anilines is 1. The smallest absolute Gasteiger partial charge is 0.230 e. The van der Waals surface area contributed by atoms with Crippen LogP contribution in [-0.4, -0.2) is 11.0 Å². The molecule has 0 unspecified atom stereocenters. The summed E-state index contributed by atoms with van der Waals surface area (Å²) in [6, 6.07) is 24.6. The number of thiocarbonyl (C=S) groups is 1. The van der Waals surface area contributed by atoms with Gasteiger partial charge in [0, 0.05) is 5.69 Å². The molecule has 2 N–H and O–H groups in total. The fourth-order valence-corrected chi connectivity index (χ4v) is 2.77. The predicted octanol–water partition coefficient (Wildman–Crippen LogP) is 5.47. The number of aryl methyl sites for hydroxylation is 1. The minimum Gasteiger partial charge on any atom is -0.332 e. The number of benzene rings is 3. The zero-order valence-corrected chi connectivity index (χ0v) is 16.2. The summed E-state index contributed by atoms with van der Waals surface area (Å²) in [5.74, 6) is -0.153. The number of carbonyl (C=O) groups is 1. The number of carbonyl (C=O) groups excluding carboxylic acids is 1. The molecule has 0 spiro atoms. The minimum absolute atomic E-state index is 0.153. The molecule has 3 rings (SSSR count). The Hall–Kier alpha value is -3.38. The highest BCUT2D eigenvalue weighted by Crippen LogP contribution is 2.20. The van der Waals surface area contributed by atoms with E-state index < -0.39 is 0 Å². The summed E-state index contributed by atoms with van der Waals surface area (Å²) >= 11 is 5.22. The van der Waals surface area contributed by atoms with E-state index in [-0.39, 0.29) is 17.4 Å². The Morgan fingerprint density at radius 3 is 2.14 bits per heavy atom. The van der Waals surface area contributed by atoms with E-state index >= 15 is 0 Å². The van der Waals surface area contributed by atoms with Crippen LogP contribution in [0.4, 0.5) is 17.1 Å². The Morgan fingerprint density at radius 1 is 0.857 bits per heavy atom. The molecule has 0 aromatic heterocycles. The van der Waals surface area contributed by atoms with Crippen LogP contribution in [0.5, 0.6) is 0 Å². The second-order valence-electron chi connectivity index (χ2n) is 6.19. The topological polar surface area (TPSA) is 65.8 Å². The third kappa shape index (κ3) is 5.82. The summed E-state index contributed by atoms with van der Waals surface area (Å²) in [6.07, 6.45) is 0.285.